The van der Waals surface area contributed by atoms with Gasteiger partial charge in [0, 0.05) is 31.5 Å². The molecule has 1 heterocycles. The predicted molar refractivity (Wildman–Crippen MR) is 77.9 cm³/mol. The van der Waals surface area contributed by atoms with Gasteiger partial charge in [-0.05, 0) is 38.6 Å². The summed E-state index contributed by atoms with van der Waals surface area (Å²) in [6.45, 7) is 4.03. The van der Waals surface area contributed by atoms with Gasteiger partial charge >= 0.3 is 0 Å². The highest BCUT2D eigenvalue weighted by molar-refractivity contribution is 5.80. The van der Waals surface area contributed by atoms with E-state index in [0.717, 1.165) is 32.2 Å². The Morgan fingerprint density at radius 2 is 2.15 bits per heavy atom. The number of hydrogen-bond donors (Lipinski definition) is 2. The number of carbonyl (C=O) groups excluding carboxylic acids is 2. The lowest BCUT2D eigenvalue weighted by molar-refractivity contribution is -0.131. The molecule has 2 amide bonds. The van der Waals surface area contributed by atoms with Crippen LogP contribution < -0.4 is 11.1 Å². The molecule has 0 spiro atoms. The van der Waals surface area contributed by atoms with E-state index in [-0.39, 0.29) is 23.8 Å². The van der Waals surface area contributed by atoms with Crippen LogP contribution in [0.3, 0.4) is 0 Å². The summed E-state index contributed by atoms with van der Waals surface area (Å²) in [6.07, 6.45) is 5.91. The highest BCUT2D eigenvalue weighted by Gasteiger charge is 2.31. The van der Waals surface area contributed by atoms with E-state index in [2.05, 4.69) is 5.32 Å². The largest absolute Gasteiger partial charge is 0.352 e. The van der Waals surface area contributed by atoms with Crippen LogP contribution in [0.4, 0.5) is 0 Å². The van der Waals surface area contributed by atoms with Gasteiger partial charge in [0.2, 0.25) is 11.8 Å². The first-order valence-corrected chi connectivity index (χ1v) is 7.90. The molecular weight excluding hydrogens is 254 g/mol. The second-order valence-electron chi connectivity index (χ2n) is 6.24. The summed E-state index contributed by atoms with van der Waals surface area (Å²) in [5.41, 5.74) is 5.78. The Kier molecular flexibility index (Phi) is 5.40. The summed E-state index contributed by atoms with van der Waals surface area (Å²) >= 11 is 0. The minimum absolute atomic E-state index is 0.0184. The molecule has 114 valence electrons. The molecular formula is C15H27N3O2. The van der Waals surface area contributed by atoms with E-state index in [1.54, 1.807) is 0 Å². The molecule has 0 aromatic heterocycles. The molecule has 0 aromatic rings. The molecule has 1 saturated carbocycles. The van der Waals surface area contributed by atoms with Gasteiger partial charge in [-0.1, -0.05) is 12.8 Å². The summed E-state index contributed by atoms with van der Waals surface area (Å²) in [5.74, 6) is 0.720. The number of nitrogens with two attached hydrogens (primary N) is 1. The molecule has 0 aromatic carbocycles. The van der Waals surface area contributed by atoms with E-state index in [1.807, 2.05) is 11.8 Å². The van der Waals surface area contributed by atoms with Crippen LogP contribution in [0.5, 0.6) is 0 Å². The Morgan fingerprint density at radius 3 is 2.80 bits per heavy atom. The average Bonchev–Trinajstić information content (AvgIpc) is 2.84. The van der Waals surface area contributed by atoms with Crippen molar-refractivity contribution in [3.8, 4) is 0 Å². The van der Waals surface area contributed by atoms with Crippen LogP contribution in [0.1, 0.15) is 45.4 Å². The van der Waals surface area contributed by atoms with Crippen molar-refractivity contribution in [2.24, 2.45) is 17.6 Å². The van der Waals surface area contributed by atoms with Gasteiger partial charge in [-0.25, -0.2) is 0 Å². The minimum atomic E-state index is 0.0184. The Labute approximate surface area is 121 Å². The molecule has 2 aliphatic rings. The Bertz CT molecular complexity index is 359. The molecule has 5 heteroatoms. The van der Waals surface area contributed by atoms with Gasteiger partial charge in [-0.2, -0.15) is 0 Å². The number of hydrogen-bond acceptors (Lipinski definition) is 3. The first kappa shape index (κ1) is 15.3. The van der Waals surface area contributed by atoms with Gasteiger partial charge in [-0.3, -0.25) is 9.59 Å². The maximum absolute atomic E-state index is 12.4. The first-order chi connectivity index (χ1) is 9.61. The van der Waals surface area contributed by atoms with Crippen molar-refractivity contribution in [2.75, 3.05) is 19.6 Å². The molecule has 1 saturated heterocycles. The second-order valence-corrected chi connectivity index (χ2v) is 6.24. The normalized spacial score (nSPS) is 28.5. The SMILES string of the molecule is CC(CN1CCCC1=O)NC(=O)C1CCCCC1CN. The van der Waals surface area contributed by atoms with Gasteiger partial charge in [-0.15, -0.1) is 0 Å². The van der Waals surface area contributed by atoms with Crippen LogP contribution in [0.15, 0.2) is 0 Å². The summed E-state index contributed by atoms with van der Waals surface area (Å²) in [4.78, 5) is 25.8. The van der Waals surface area contributed by atoms with Crippen LogP contribution in [0.25, 0.3) is 0 Å². The van der Waals surface area contributed by atoms with E-state index < -0.39 is 0 Å². The van der Waals surface area contributed by atoms with Gasteiger partial charge < -0.3 is 16.0 Å². The third-order valence-corrected chi connectivity index (χ3v) is 4.60. The van der Waals surface area contributed by atoms with Crippen molar-refractivity contribution in [3.05, 3.63) is 0 Å². The maximum Gasteiger partial charge on any atom is 0.223 e. The molecule has 3 unspecified atom stereocenters. The van der Waals surface area contributed by atoms with E-state index in [4.69, 9.17) is 5.73 Å². The van der Waals surface area contributed by atoms with E-state index >= 15 is 0 Å². The average molecular weight is 281 g/mol. The van der Waals surface area contributed by atoms with Crippen molar-refractivity contribution in [2.45, 2.75) is 51.5 Å². The molecule has 1 aliphatic heterocycles. The second kappa shape index (κ2) is 7.07. The molecule has 0 radical (unpaired) electrons. The number of likely N-dealkylation sites (tertiary alicyclic amines) is 1. The molecule has 3 atom stereocenters. The number of amides is 2. The zero-order valence-electron chi connectivity index (χ0n) is 12.4. The third-order valence-electron chi connectivity index (χ3n) is 4.60. The first-order valence-electron chi connectivity index (χ1n) is 7.90. The van der Waals surface area contributed by atoms with E-state index in [9.17, 15) is 9.59 Å². The zero-order chi connectivity index (χ0) is 14.5. The number of nitrogens with zero attached hydrogens (tertiary/aromatic N) is 1. The number of carbonyl (C=O) groups is 2. The van der Waals surface area contributed by atoms with Gasteiger partial charge in [0.1, 0.15) is 0 Å². The Balaban J connectivity index is 1.81. The lowest BCUT2D eigenvalue weighted by atomic mass is 9.78. The molecule has 0 bridgehead atoms. The fourth-order valence-corrected chi connectivity index (χ4v) is 3.46. The van der Waals surface area contributed by atoms with Crippen LogP contribution in [-0.4, -0.2) is 42.4 Å². The van der Waals surface area contributed by atoms with Crippen molar-refractivity contribution in [1.29, 1.82) is 0 Å². The quantitative estimate of drug-likeness (QED) is 0.785. The standard InChI is InChI=1S/C15H27N3O2/c1-11(10-18-8-4-7-14(18)19)17-15(20)13-6-3-2-5-12(13)9-16/h11-13H,2-10,16H2,1H3,(H,17,20). The highest BCUT2D eigenvalue weighted by atomic mass is 16.2. The molecule has 5 nitrogen and oxygen atoms in total. The zero-order valence-corrected chi connectivity index (χ0v) is 12.4. The highest BCUT2D eigenvalue weighted by Crippen LogP contribution is 2.29. The summed E-state index contributed by atoms with van der Waals surface area (Å²) in [6, 6.07) is 0.0184. The number of rotatable bonds is 5. The fourth-order valence-electron chi connectivity index (χ4n) is 3.46. The monoisotopic (exact) mass is 281 g/mol. The Morgan fingerprint density at radius 1 is 1.40 bits per heavy atom. The summed E-state index contributed by atoms with van der Waals surface area (Å²) in [5, 5.41) is 3.07. The topological polar surface area (TPSA) is 75.4 Å². The van der Waals surface area contributed by atoms with Crippen LogP contribution in [-0.2, 0) is 9.59 Å². The summed E-state index contributed by atoms with van der Waals surface area (Å²) in [7, 11) is 0. The van der Waals surface area contributed by atoms with Crippen molar-refractivity contribution in [3.63, 3.8) is 0 Å². The van der Waals surface area contributed by atoms with Gasteiger partial charge in [0.05, 0.1) is 0 Å². The van der Waals surface area contributed by atoms with Crippen LogP contribution in [0, 0.1) is 11.8 Å². The number of nitrogens with one attached hydrogen (secondary N) is 1. The van der Waals surface area contributed by atoms with E-state index in [1.165, 1.54) is 6.42 Å². The predicted octanol–water partition coefficient (Wildman–Crippen LogP) is 0.879. The van der Waals surface area contributed by atoms with Crippen LogP contribution >= 0.6 is 0 Å². The third kappa shape index (κ3) is 3.72. The lowest BCUT2D eigenvalue weighted by Gasteiger charge is -2.31. The molecule has 2 rings (SSSR count). The smallest absolute Gasteiger partial charge is 0.223 e. The Hall–Kier alpha value is -1.10. The molecule has 2 fully saturated rings. The summed E-state index contributed by atoms with van der Waals surface area (Å²) < 4.78 is 0. The van der Waals surface area contributed by atoms with Gasteiger partial charge in [0.25, 0.3) is 0 Å². The fraction of sp³-hybridized carbons (Fsp3) is 0.867. The lowest BCUT2D eigenvalue weighted by Crippen LogP contribution is -2.47. The minimum Gasteiger partial charge on any atom is -0.352 e. The van der Waals surface area contributed by atoms with Crippen molar-refractivity contribution >= 4 is 11.8 Å². The van der Waals surface area contributed by atoms with E-state index in [0.29, 0.717) is 25.4 Å². The van der Waals surface area contributed by atoms with Crippen LogP contribution in [0.2, 0.25) is 0 Å². The van der Waals surface area contributed by atoms with Crippen molar-refractivity contribution < 1.29 is 9.59 Å². The molecule has 3 N–H and O–H groups in total. The maximum atomic E-state index is 12.4. The molecule has 20 heavy (non-hydrogen) atoms. The molecule has 1 aliphatic carbocycles. The van der Waals surface area contributed by atoms with Crippen molar-refractivity contribution in [1.82, 2.24) is 10.2 Å². The van der Waals surface area contributed by atoms with Gasteiger partial charge in [0.15, 0.2) is 0 Å².